The molecule has 0 spiro atoms. The molecule has 20 heavy (non-hydrogen) atoms. The minimum Gasteiger partial charge on any atom is -0.481 e. The van der Waals surface area contributed by atoms with Crippen LogP contribution in [-0.2, 0) is 0 Å². The van der Waals surface area contributed by atoms with Gasteiger partial charge in [-0.2, -0.15) is 0 Å². The molecule has 0 unspecified atom stereocenters. The lowest BCUT2D eigenvalue weighted by atomic mass is 10.2. The van der Waals surface area contributed by atoms with E-state index in [1.807, 2.05) is 12.1 Å². The van der Waals surface area contributed by atoms with Gasteiger partial charge in [-0.1, -0.05) is 0 Å². The van der Waals surface area contributed by atoms with E-state index >= 15 is 0 Å². The fourth-order valence-electron chi connectivity index (χ4n) is 1.94. The van der Waals surface area contributed by atoms with Crippen LogP contribution in [0, 0.1) is 0 Å². The number of H-pyrrole nitrogens is 1. The molecule has 0 aliphatic carbocycles. The molecule has 0 aromatic carbocycles. The molecule has 0 saturated heterocycles. The van der Waals surface area contributed by atoms with E-state index in [0.29, 0.717) is 16.9 Å². The van der Waals surface area contributed by atoms with Crippen molar-refractivity contribution in [3.8, 4) is 17.1 Å². The highest BCUT2D eigenvalue weighted by molar-refractivity contribution is 5.92. The molecule has 0 atom stereocenters. The van der Waals surface area contributed by atoms with Gasteiger partial charge in [0.15, 0.2) is 0 Å². The average molecular weight is 269 g/mol. The van der Waals surface area contributed by atoms with Gasteiger partial charge < -0.3 is 14.8 Å². The first-order valence-corrected chi connectivity index (χ1v) is 5.91. The normalized spacial score (nSPS) is 10.7. The van der Waals surface area contributed by atoms with Gasteiger partial charge in [-0.05, 0) is 24.3 Å². The Hall–Kier alpha value is -2.89. The van der Waals surface area contributed by atoms with Gasteiger partial charge in [0.2, 0.25) is 5.88 Å². The molecule has 0 fully saturated rings. The van der Waals surface area contributed by atoms with Crippen LogP contribution in [0.25, 0.3) is 22.3 Å². The monoisotopic (exact) mass is 269 g/mol. The van der Waals surface area contributed by atoms with Crippen molar-refractivity contribution in [2.75, 3.05) is 7.11 Å². The number of carbonyl (C=O) groups is 1. The second-order valence-electron chi connectivity index (χ2n) is 4.21. The molecule has 0 saturated carbocycles. The summed E-state index contributed by atoms with van der Waals surface area (Å²) in [6.45, 7) is 0. The summed E-state index contributed by atoms with van der Waals surface area (Å²) in [5.41, 5.74) is 2.98. The maximum Gasteiger partial charge on any atom is 0.352 e. The first kappa shape index (κ1) is 12.2. The molecule has 100 valence electrons. The van der Waals surface area contributed by atoms with Gasteiger partial charge in [0.05, 0.1) is 23.8 Å². The van der Waals surface area contributed by atoms with Crippen LogP contribution in [0.2, 0.25) is 0 Å². The number of aromatic nitrogens is 3. The molecular weight excluding hydrogens is 258 g/mol. The van der Waals surface area contributed by atoms with E-state index in [0.717, 1.165) is 11.3 Å². The summed E-state index contributed by atoms with van der Waals surface area (Å²) in [4.78, 5) is 22.3. The van der Waals surface area contributed by atoms with Gasteiger partial charge in [-0.25, -0.2) is 14.8 Å². The first-order valence-electron chi connectivity index (χ1n) is 5.91. The molecule has 0 bridgehead atoms. The molecule has 0 aliphatic rings. The number of pyridine rings is 2. The molecule has 0 radical (unpaired) electrons. The van der Waals surface area contributed by atoms with Gasteiger partial charge in [0, 0.05) is 17.8 Å². The van der Waals surface area contributed by atoms with Crippen LogP contribution in [0.5, 0.6) is 5.88 Å². The van der Waals surface area contributed by atoms with E-state index in [4.69, 9.17) is 9.84 Å². The summed E-state index contributed by atoms with van der Waals surface area (Å²) >= 11 is 0. The zero-order valence-electron chi connectivity index (χ0n) is 10.6. The van der Waals surface area contributed by atoms with Crippen molar-refractivity contribution in [3.05, 3.63) is 42.2 Å². The highest BCUT2D eigenvalue weighted by Crippen LogP contribution is 2.22. The molecule has 6 nitrogen and oxygen atoms in total. The van der Waals surface area contributed by atoms with E-state index in [9.17, 15) is 4.79 Å². The van der Waals surface area contributed by atoms with Crippen molar-refractivity contribution < 1.29 is 14.6 Å². The minimum atomic E-state index is -1.00. The highest BCUT2D eigenvalue weighted by Gasteiger charge is 2.09. The Morgan fingerprint density at radius 3 is 2.80 bits per heavy atom. The Balaban J connectivity index is 2.04. The van der Waals surface area contributed by atoms with Gasteiger partial charge in [0.25, 0.3) is 0 Å². The zero-order chi connectivity index (χ0) is 14.1. The highest BCUT2D eigenvalue weighted by atomic mass is 16.5. The number of hydrogen-bond acceptors (Lipinski definition) is 4. The number of ether oxygens (including phenoxy) is 1. The summed E-state index contributed by atoms with van der Waals surface area (Å²) in [5.74, 6) is -0.472. The number of hydrogen-bond donors (Lipinski definition) is 2. The summed E-state index contributed by atoms with van der Waals surface area (Å²) < 4.78 is 5.00. The molecule has 3 rings (SSSR count). The van der Waals surface area contributed by atoms with Crippen molar-refractivity contribution in [2.45, 2.75) is 0 Å². The molecule has 2 N–H and O–H groups in total. The molecule has 3 heterocycles. The van der Waals surface area contributed by atoms with E-state index in [2.05, 4.69) is 15.0 Å². The number of fused-ring (bicyclic) bond motifs is 1. The minimum absolute atomic E-state index is 0.123. The van der Waals surface area contributed by atoms with Crippen LogP contribution in [0.3, 0.4) is 0 Å². The molecule has 0 aliphatic heterocycles. The van der Waals surface area contributed by atoms with Crippen LogP contribution in [-0.4, -0.2) is 33.1 Å². The second kappa shape index (κ2) is 4.65. The number of carboxylic acid groups (broad SMARTS) is 1. The Kier molecular flexibility index (Phi) is 2.83. The van der Waals surface area contributed by atoms with Crippen molar-refractivity contribution in [3.63, 3.8) is 0 Å². The molecule has 3 aromatic rings. The van der Waals surface area contributed by atoms with Crippen LogP contribution in [0.15, 0.2) is 36.5 Å². The lowest BCUT2D eigenvalue weighted by Gasteiger charge is -2.02. The second-order valence-corrected chi connectivity index (χ2v) is 4.21. The van der Waals surface area contributed by atoms with Gasteiger partial charge in [0.1, 0.15) is 5.69 Å². The summed E-state index contributed by atoms with van der Waals surface area (Å²) in [7, 11) is 1.56. The van der Waals surface area contributed by atoms with Crippen LogP contribution >= 0.6 is 0 Å². The molecule has 3 aromatic heterocycles. The maximum atomic E-state index is 10.9. The quantitative estimate of drug-likeness (QED) is 0.761. The van der Waals surface area contributed by atoms with Crippen LogP contribution in [0.1, 0.15) is 10.5 Å². The van der Waals surface area contributed by atoms with E-state index in [1.165, 1.54) is 6.07 Å². The van der Waals surface area contributed by atoms with E-state index < -0.39 is 5.97 Å². The predicted octanol–water partition coefficient (Wildman–Crippen LogP) is 2.33. The lowest BCUT2D eigenvalue weighted by molar-refractivity contribution is 0.0691. The summed E-state index contributed by atoms with van der Waals surface area (Å²) in [5, 5.41) is 8.95. The van der Waals surface area contributed by atoms with Gasteiger partial charge in [-0.15, -0.1) is 0 Å². The number of aromatic carboxylic acids is 1. The third kappa shape index (κ3) is 2.07. The standard InChI is InChI=1S/C14H11N3O3/c1-20-13-5-2-8(7-15-13)9-3-4-10-11(16-9)6-12(17-10)14(18)19/h2-7,17H,1H3,(H,18,19). The number of methoxy groups -OCH3 is 1. The van der Waals surface area contributed by atoms with Crippen molar-refractivity contribution in [2.24, 2.45) is 0 Å². The lowest BCUT2D eigenvalue weighted by Crippen LogP contribution is -1.94. The third-order valence-corrected chi connectivity index (χ3v) is 2.95. The number of nitrogens with one attached hydrogen (secondary N) is 1. The van der Waals surface area contributed by atoms with Crippen molar-refractivity contribution >= 4 is 17.0 Å². The molecule has 0 amide bonds. The van der Waals surface area contributed by atoms with Crippen molar-refractivity contribution in [1.82, 2.24) is 15.0 Å². The maximum absolute atomic E-state index is 10.9. The van der Waals surface area contributed by atoms with Crippen LogP contribution in [0.4, 0.5) is 0 Å². The fraction of sp³-hybridized carbons (Fsp3) is 0.0714. The number of carboxylic acids is 1. The SMILES string of the molecule is COc1ccc(-c2ccc3[nH]c(C(=O)O)cc3n2)cn1. The average Bonchev–Trinajstić information content (AvgIpc) is 2.90. The summed E-state index contributed by atoms with van der Waals surface area (Å²) in [6, 6.07) is 8.73. The first-order chi connectivity index (χ1) is 9.67. The molecule has 6 heteroatoms. The Morgan fingerprint density at radius 2 is 2.15 bits per heavy atom. The fourth-order valence-corrected chi connectivity index (χ4v) is 1.94. The van der Waals surface area contributed by atoms with Crippen LogP contribution < -0.4 is 4.74 Å². The number of nitrogens with zero attached hydrogens (tertiary/aromatic N) is 2. The van der Waals surface area contributed by atoms with Gasteiger partial charge >= 0.3 is 5.97 Å². The predicted molar refractivity (Wildman–Crippen MR) is 72.8 cm³/mol. The zero-order valence-corrected chi connectivity index (χ0v) is 10.6. The topological polar surface area (TPSA) is 88.1 Å². The molecular formula is C14H11N3O3. The Bertz CT molecular complexity index is 778. The van der Waals surface area contributed by atoms with Gasteiger partial charge in [-0.3, -0.25) is 0 Å². The Morgan fingerprint density at radius 1 is 1.30 bits per heavy atom. The summed E-state index contributed by atoms with van der Waals surface area (Å²) in [6.07, 6.45) is 1.66. The third-order valence-electron chi connectivity index (χ3n) is 2.95. The smallest absolute Gasteiger partial charge is 0.352 e. The number of aromatic amines is 1. The van der Waals surface area contributed by atoms with Crippen molar-refractivity contribution in [1.29, 1.82) is 0 Å². The largest absolute Gasteiger partial charge is 0.481 e. The number of rotatable bonds is 3. The van der Waals surface area contributed by atoms with E-state index in [1.54, 1.807) is 25.4 Å². The Labute approximate surface area is 114 Å². The van der Waals surface area contributed by atoms with E-state index in [-0.39, 0.29) is 5.69 Å².